The molecule has 7 atom stereocenters. The minimum Gasteiger partial charge on any atom is -0.463 e. The fraction of sp³-hybridized carbons (Fsp3) is 0.909. The van der Waals surface area contributed by atoms with E-state index in [2.05, 4.69) is 20.8 Å². The normalized spacial score (nSPS) is 52.1. The standard InChI is InChI=1S/C22H34O3/c1-14(23)25-16-8-11-20(2)15(13-16)7-10-21(3)17-5-6-19(24)22(17,4)12-9-18(20)21/h15-18H,5-13H2,1-4H3/t15-,16-,17-,18+,20-,21-,22-/m0/s1. The van der Waals surface area contributed by atoms with Gasteiger partial charge in [0.05, 0.1) is 0 Å². The van der Waals surface area contributed by atoms with Gasteiger partial charge in [-0.15, -0.1) is 0 Å². The number of ether oxygens (including phenoxy) is 1. The third-order valence-corrected chi connectivity index (χ3v) is 9.26. The van der Waals surface area contributed by atoms with Crippen LogP contribution in [0.25, 0.3) is 0 Å². The summed E-state index contributed by atoms with van der Waals surface area (Å²) in [5.74, 6) is 2.37. The molecule has 0 heterocycles. The number of rotatable bonds is 1. The van der Waals surface area contributed by atoms with Crippen LogP contribution in [0, 0.1) is 34.0 Å². The van der Waals surface area contributed by atoms with E-state index in [9.17, 15) is 9.59 Å². The first-order chi connectivity index (χ1) is 11.7. The summed E-state index contributed by atoms with van der Waals surface area (Å²) >= 11 is 0. The molecule has 25 heavy (non-hydrogen) atoms. The average molecular weight is 347 g/mol. The predicted molar refractivity (Wildman–Crippen MR) is 96.9 cm³/mol. The summed E-state index contributed by atoms with van der Waals surface area (Å²) in [5, 5.41) is 0. The van der Waals surface area contributed by atoms with Crippen LogP contribution in [-0.4, -0.2) is 17.9 Å². The second kappa shape index (κ2) is 5.57. The van der Waals surface area contributed by atoms with Gasteiger partial charge in [-0.05, 0) is 80.0 Å². The SMILES string of the molecule is CC(=O)O[C@H]1CC[C@@]2(C)[C@@H](CC[C@]3(C)[C@@H]2CC[C@]2(C)C(=O)CC[C@@H]32)C1. The molecule has 140 valence electrons. The van der Waals surface area contributed by atoms with Crippen LogP contribution in [0.15, 0.2) is 0 Å². The molecule has 4 fully saturated rings. The molecule has 0 aromatic heterocycles. The van der Waals surface area contributed by atoms with Gasteiger partial charge in [-0.25, -0.2) is 0 Å². The van der Waals surface area contributed by atoms with E-state index >= 15 is 0 Å². The second-order valence-electron chi connectivity index (χ2n) is 10.3. The third-order valence-electron chi connectivity index (χ3n) is 9.26. The highest BCUT2D eigenvalue weighted by Crippen LogP contribution is 2.70. The molecular weight excluding hydrogens is 312 g/mol. The van der Waals surface area contributed by atoms with E-state index in [0.29, 0.717) is 28.4 Å². The number of hydrogen-bond acceptors (Lipinski definition) is 3. The van der Waals surface area contributed by atoms with Crippen LogP contribution >= 0.6 is 0 Å². The Labute approximate surface area is 152 Å². The van der Waals surface area contributed by atoms with E-state index in [-0.39, 0.29) is 17.5 Å². The van der Waals surface area contributed by atoms with E-state index in [1.165, 1.54) is 32.6 Å². The van der Waals surface area contributed by atoms with E-state index in [1.54, 1.807) is 0 Å². The fourth-order valence-corrected chi connectivity index (χ4v) is 8.01. The Kier molecular flexibility index (Phi) is 3.91. The number of fused-ring (bicyclic) bond motifs is 5. The molecule has 0 radical (unpaired) electrons. The Hall–Kier alpha value is -0.860. The molecule has 3 heteroatoms. The Morgan fingerprint density at radius 1 is 0.960 bits per heavy atom. The number of hydrogen-bond donors (Lipinski definition) is 0. The predicted octanol–water partition coefficient (Wildman–Crippen LogP) is 4.92. The highest BCUT2D eigenvalue weighted by Gasteiger charge is 2.65. The molecule has 0 amide bonds. The summed E-state index contributed by atoms with van der Waals surface area (Å²) in [7, 11) is 0. The van der Waals surface area contributed by atoms with Gasteiger partial charge in [0, 0.05) is 18.8 Å². The van der Waals surface area contributed by atoms with Crippen LogP contribution < -0.4 is 0 Å². The summed E-state index contributed by atoms with van der Waals surface area (Å²) in [6.07, 6.45) is 10.1. The Bertz CT molecular complexity index is 598. The molecule has 0 aliphatic heterocycles. The summed E-state index contributed by atoms with van der Waals surface area (Å²) in [6.45, 7) is 8.83. The zero-order valence-electron chi connectivity index (χ0n) is 16.4. The minimum atomic E-state index is -0.132. The lowest BCUT2D eigenvalue weighted by Crippen LogP contribution is -2.59. The summed E-state index contributed by atoms with van der Waals surface area (Å²) in [6, 6.07) is 0. The van der Waals surface area contributed by atoms with Gasteiger partial charge in [-0.1, -0.05) is 20.8 Å². The first-order valence-electron chi connectivity index (χ1n) is 10.4. The van der Waals surface area contributed by atoms with Gasteiger partial charge in [0.1, 0.15) is 11.9 Å². The first-order valence-corrected chi connectivity index (χ1v) is 10.4. The zero-order valence-corrected chi connectivity index (χ0v) is 16.4. The van der Waals surface area contributed by atoms with Crippen molar-refractivity contribution in [2.45, 2.75) is 91.6 Å². The van der Waals surface area contributed by atoms with Crippen LogP contribution in [0.2, 0.25) is 0 Å². The van der Waals surface area contributed by atoms with Crippen molar-refractivity contribution >= 4 is 11.8 Å². The van der Waals surface area contributed by atoms with Crippen LogP contribution in [0.4, 0.5) is 0 Å². The topological polar surface area (TPSA) is 43.4 Å². The first kappa shape index (κ1) is 17.5. The molecule has 4 aliphatic carbocycles. The number of carbonyl (C=O) groups excluding carboxylic acids is 2. The van der Waals surface area contributed by atoms with Crippen molar-refractivity contribution in [3.05, 3.63) is 0 Å². The second-order valence-corrected chi connectivity index (χ2v) is 10.3. The van der Waals surface area contributed by atoms with Crippen molar-refractivity contribution in [1.82, 2.24) is 0 Å². The monoisotopic (exact) mass is 346 g/mol. The summed E-state index contributed by atoms with van der Waals surface area (Å²) < 4.78 is 5.56. The van der Waals surface area contributed by atoms with Crippen LogP contribution in [-0.2, 0) is 14.3 Å². The van der Waals surface area contributed by atoms with Crippen molar-refractivity contribution in [2.24, 2.45) is 34.0 Å². The number of esters is 1. The summed E-state index contributed by atoms with van der Waals surface area (Å²) in [4.78, 5) is 24.0. The van der Waals surface area contributed by atoms with E-state index in [0.717, 1.165) is 38.0 Å². The third kappa shape index (κ3) is 2.36. The summed E-state index contributed by atoms with van der Waals surface area (Å²) in [5.41, 5.74) is 0.624. The lowest BCUT2D eigenvalue weighted by Gasteiger charge is -2.65. The fourth-order valence-electron chi connectivity index (χ4n) is 8.01. The van der Waals surface area contributed by atoms with E-state index in [1.807, 2.05) is 0 Å². The minimum absolute atomic E-state index is 0.0522. The highest BCUT2D eigenvalue weighted by molar-refractivity contribution is 5.87. The molecule has 0 bridgehead atoms. The molecule has 0 N–H and O–H groups in total. The van der Waals surface area contributed by atoms with Gasteiger partial charge < -0.3 is 4.74 Å². The zero-order chi connectivity index (χ0) is 18.0. The number of ketones is 1. The molecular formula is C22H34O3. The lowest BCUT2D eigenvalue weighted by atomic mass is 9.40. The van der Waals surface area contributed by atoms with Gasteiger partial charge >= 0.3 is 5.97 Å². The van der Waals surface area contributed by atoms with Gasteiger partial charge in [0.25, 0.3) is 0 Å². The maximum absolute atomic E-state index is 12.6. The van der Waals surface area contributed by atoms with Crippen molar-refractivity contribution in [2.75, 3.05) is 0 Å². The molecule has 4 saturated carbocycles. The van der Waals surface area contributed by atoms with Gasteiger partial charge in [0.2, 0.25) is 0 Å². The number of carbonyl (C=O) groups is 2. The largest absolute Gasteiger partial charge is 0.463 e. The Morgan fingerprint density at radius 2 is 1.68 bits per heavy atom. The molecule has 0 saturated heterocycles. The van der Waals surface area contributed by atoms with Crippen molar-refractivity contribution in [3.63, 3.8) is 0 Å². The molecule has 0 aromatic carbocycles. The Balaban J connectivity index is 1.60. The maximum Gasteiger partial charge on any atom is 0.302 e. The smallest absolute Gasteiger partial charge is 0.302 e. The molecule has 0 spiro atoms. The Morgan fingerprint density at radius 3 is 2.40 bits per heavy atom. The lowest BCUT2D eigenvalue weighted by molar-refractivity contribution is -0.180. The van der Waals surface area contributed by atoms with Crippen molar-refractivity contribution in [3.8, 4) is 0 Å². The van der Waals surface area contributed by atoms with Gasteiger partial charge in [-0.3, -0.25) is 9.59 Å². The van der Waals surface area contributed by atoms with Crippen molar-refractivity contribution in [1.29, 1.82) is 0 Å². The van der Waals surface area contributed by atoms with Crippen LogP contribution in [0.5, 0.6) is 0 Å². The molecule has 3 nitrogen and oxygen atoms in total. The van der Waals surface area contributed by atoms with Crippen molar-refractivity contribution < 1.29 is 14.3 Å². The van der Waals surface area contributed by atoms with E-state index < -0.39 is 0 Å². The van der Waals surface area contributed by atoms with Crippen LogP contribution in [0.3, 0.4) is 0 Å². The molecule has 0 unspecified atom stereocenters. The van der Waals surface area contributed by atoms with Crippen LogP contribution in [0.1, 0.15) is 85.5 Å². The molecule has 4 rings (SSSR count). The highest BCUT2D eigenvalue weighted by atomic mass is 16.5. The quantitative estimate of drug-likeness (QED) is 0.633. The molecule has 0 aromatic rings. The average Bonchev–Trinajstić information content (AvgIpc) is 2.84. The number of Topliss-reactive ketones (excluding diaryl/α,β-unsaturated/α-hetero) is 1. The molecule has 4 aliphatic rings. The van der Waals surface area contributed by atoms with Gasteiger partial charge in [-0.2, -0.15) is 0 Å². The maximum atomic E-state index is 12.6. The van der Waals surface area contributed by atoms with E-state index in [4.69, 9.17) is 4.74 Å². The van der Waals surface area contributed by atoms with Gasteiger partial charge in [0.15, 0.2) is 0 Å².